The molecule has 2 aromatic heterocycles. The maximum absolute atomic E-state index is 4.69. The SMILES string of the molecule is CCNC(=NCCNc1ncnc2c1cnn2C)NC1CCC(SC)C1.I. The highest BCUT2D eigenvalue weighted by Gasteiger charge is 2.24. The first-order valence-electron chi connectivity index (χ1n) is 9.15. The number of aromatic nitrogens is 4. The van der Waals surface area contributed by atoms with Crippen molar-refractivity contribution in [3.8, 4) is 0 Å². The molecular formula is C17H29IN8S. The van der Waals surface area contributed by atoms with Crippen LogP contribution in [0.5, 0.6) is 0 Å². The molecule has 0 bridgehead atoms. The highest BCUT2D eigenvalue weighted by Crippen LogP contribution is 2.28. The summed E-state index contributed by atoms with van der Waals surface area (Å²) in [5, 5.41) is 16.2. The normalized spacial score (nSPS) is 19.7. The zero-order valence-corrected chi connectivity index (χ0v) is 19.3. The molecule has 2 heterocycles. The fraction of sp³-hybridized carbons (Fsp3) is 0.647. The van der Waals surface area contributed by atoms with Crippen LogP contribution in [0, 0.1) is 0 Å². The monoisotopic (exact) mass is 504 g/mol. The van der Waals surface area contributed by atoms with Crippen molar-refractivity contribution in [1.82, 2.24) is 30.4 Å². The minimum absolute atomic E-state index is 0. The molecule has 8 nitrogen and oxygen atoms in total. The number of halogens is 1. The van der Waals surface area contributed by atoms with E-state index in [1.165, 1.54) is 19.3 Å². The van der Waals surface area contributed by atoms with Gasteiger partial charge in [-0.1, -0.05) is 0 Å². The van der Waals surface area contributed by atoms with Crippen LogP contribution in [0.15, 0.2) is 17.5 Å². The Hall–Kier alpha value is -1.30. The smallest absolute Gasteiger partial charge is 0.191 e. The Labute approximate surface area is 181 Å². The van der Waals surface area contributed by atoms with Crippen LogP contribution in [0.1, 0.15) is 26.2 Å². The molecule has 1 aliphatic carbocycles. The van der Waals surface area contributed by atoms with Crippen LogP contribution in [0.25, 0.3) is 11.0 Å². The molecule has 2 aromatic rings. The summed E-state index contributed by atoms with van der Waals surface area (Å²) in [6, 6.07) is 0.523. The molecule has 2 unspecified atom stereocenters. The van der Waals surface area contributed by atoms with Gasteiger partial charge >= 0.3 is 0 Å². The van der Waals surface area contributed by atoms with Gasteiger partial charge in [0.1, 0.15) is 12.1 Å². The van der Waals surface area contributed by atoms with Crippen LogP contribution in [-0.4, -0.2) is 62.9 Å². The fourth-order valence-electron chi connectivity index (χ4n) is 3.24. The minimum Gasteiger partial charge on any atom is -0.367 e. The molecule has 1 aliphatic rings. The summed E-state index contributed by atoms with van der Waals surface area (Å²) in [6.45, 7) is 4.32. The van der Waals surface area contributed by atoms with Crippen LogP contribution >= 0.6 is 35.7 Å². The second-order valence-electron chi connectivity index (χ2n) is 6.43. The standard InChI is InChI=1S/C17H28N8S.HI/c1-4-18-17(24-12-5-6-13(9-12)26-3)20-8-7-19-15-14-10-23-25(2)16(14)22-11-21-15;/h10-13H,4-9H2,1-3H3,(H2,18,20,24)(H,19,21,22);1H. The lowest BCUT2D eigenvalue weighted by Crippen LogP contribution is -2.42. The lowest BCUT2D eigenvalue weighted by Gasteiger charge is -2.17. The van der Waals surface area contributed by atoms with Gasteiger partial charge in [-0.3, -0.25) is 9.67 Å². The molecule has 0 amide bonds. The highest BCUT2D eigenvalue weighted by molar-refractivity contribution is 14.0. The molecule has 1 fully saturated rings. The Kier molecular flexibility index (Phi) is 8.87. The number of nitrogens with one attached hydrogen (secondary N) is 3. The number of hydrogen-bond acceptors (Lipinski definition) is 6. The first-order chi connectivity index (χ1) is 12.7. The Bertz CT molecular complexity index is 750. The molecule has 2 atom stereocenters. The number of aliphatic imine (C=N–C) groups is 1. The van der Waals surface area contributed by atoms with E-state index >= 15 is 0 Å². The van der Waals surface area contributed by atoms with Crippen molar-refractivity contribution in [2.45, 2.75) is 37.5 Å². The van der Waals surface area contributed by atoms with E-state index in [-0.39, 0.29) is 24.0 Å². The van der Waals surface area contributed by atoms with E-state index in [0.717, 1.165) is 34.6 Å². The maximum atomic E-state index is 4.69. The number of thioether (sulfide) groups is 1. The first kappa shape index (κ1) is 22.0. The number of nitrogens with zero attached hydrogens (tertiary/aromatic N) is 5. The summed E-state index contributed by atoms with van der Waals surface area (Å²) in [6.07, 6.45) is 9.26. The van der Waals surface area contributed by atoms with Gasteiger partial charge in [-0.2, -0.15) is 16.9 Å². The Balaban J connectivity index is 0.00000261. The van der Waals surface area contributed by atoms with Gasteiger partial charge in [0, 0.05) is 31.4 Å². The third-order valence-corrected chi connectivity index (χ3v) is 5.70. The zero-order chi connectivity index (χ0) is 18.4. The Morgan fingerprint density at radius 3 is 2.96 bits per heavy atom. The number of anilines is 1. The number of rotatable bonds is 7. The first-order valence-corrected chi connectivity index (χ1v) is 10.4. The third-order valence-electron chi connectivity index (χ3n) is 4.61. The van der Waals surface area contributed by atoms with Gasteiger partial charge < -0.3 is 16.0 Å². The van der Waals surface area contributed by atoms with Crippen molar-refractivity contribution in [3.63, 3.8) is 0 Å². The molecule has 0 aliphatic heterocycles. The second-order valence-corrected chi connectivity index (χ2v) is 7.57. The van der Waals surface area contributed by atoms with Gasteiger partial charge in [-0.05, 0) is 32.4 Å². The summed E-state index contributed by atoms with van der Waals surface area (Å²) >= 11 is 1.97. The summed E-state index contributed by atoms with van der Waals surface area (Å²) in [7, 11) is 1.88. The topological polar surface area (TPSA) is 92.1 Å². The van der Waals surface area contributed by atoms with Gasteiger partial charge in [0.05, 0.1) is 18.1 Å². The second kappa shape index (κ2) is 10.9. The van der Waals surface area contributed by atoms with Gasteiger partial charge in [0.15, 0.2) is 11.6 Å². The van der Waals surface area contributed by atoms with Crippen LogP contribution in [0.2, 0.25) is 0 Å². The number of hydrogen-bond donors (Lipinski definition) is 3. The van der Waals surface area contributed by atoms with E-state index in [4.69, 9.17) is 0 Å². The molecule has 150 valence electrons. The molecule has 1 saturated carbocycles. The summed E-state index contributed by atoms with van der Waals surface area (Å²) in [4.78, 5) is 13.3. The van der Waals surface area contributed by atoms with E-state index < -0.39 is 0 Å². The molecule has 3 N–H and O–H groups in total. The predicted molar refractivity (Wildman–Crippen MR) is 124 cm³/mol. The van der Waals surface area contributed by atoms with E-state index in [0.29, 0.717) is 19.1 Å². The maximum Gasteiger partial charge on any atom is 0.191 e. The molecule has 10 heteroatoms. The van der Waals surface area contributed by atoms with Gasteiger partial charge in [-0.15, -0.1) is 24.0 Å². The van der Waals surface area contributed by atoms with Crippen molar-refractivity contribution in [3.05, 3.63) is 12.5 Å². The number of fused-ring (bicyclic) bond motifs is 1. The van der Waals surface area contributed by atoms with Crippen molar-refractivity contribution < 1.29 is 0 Å². The third kappa shape index (κ3) is 5.84. The molecular weight excluding hydrogens is 475 g/mol. The average molecular weight is 504 g/mol. The van der Waals surface area contributed by atoms with Gasteiger partial charge in [-0.25, -0.2) is 9.97 Å². The van der Waals surface area contributed by atoms with Crippen molar-refractivity contribution in [2.24, 2.45) is 12.0 Å². The van der Waals surface area contributed by atoms with E-state index in [2.05, 4.69) is 49.2 Å². The number of guanidine groups is 1. The van der Waals surface area contributed by atoms with Crippen LogP contribution in [0.4, 0.5) is 5.82 Å². The van der Waals surface area contributed by atoms with Gasteiger partial charge in [0.2, 0.25) is 0 Å². The molecule has 0 spiro atoms. The van der Waals surface area contributed by atoms with Crippen molar-refractivity contribution in [1.29, 1.82) is 0 Å². The lowest BCUT2D eigenvalue weighted by atomic mass is 10.2. The lowest BCUT2D eigenvalue weighted by molar-refractivity contribution is 0.615. The highest BCUT2D eigenvalue weighted by atomic mass is 127. The molecule has 27 heavy (non-hydrogen) atoms. The zero-order valence-electron chi connectivity index (χ0n) is 16.1. The molecule has 3 rings (SSSR count). The molecule has 0 radical (unpaired) electrons. The van der Waals surface area contributed by atoms with Gasteiger partial charge in [0.25, 0.3) is 0 Å². The van der Waals surface area contributed by atoms with E-state index in [1.807, 2.05) is 18.8 Å². The van der Waals surface area contributed by atoms with Crippen LogP contribution in [0.3, 0.4) is 0 Å². The van der Waals surface area contributed by atoms with E-state index in [9.17, 15) is 0 Å². The predicted octanol–water partition coefficient (Wildman–Crippen LogP) is 2.23. The van der Waals surface area contributed by atoms with E-state index in [1.54, 1.807) is 17.2 Å². The summed E-state index contributed by atoms with van der Waals surface area (Å²) < 4.78 is 1.75. The minimum atomic E-state index is 0. The van der Waals surface area contributed by atoms with Crippen LogP contribution in [-0.2, 0) is 7.05 Å². The average Bonchev–Trinajstić information content (AvgIpc) is 3.26. The van der Waals surface area contributed by atoms with Crippen molar-refractivity contribution >= 4 is 58.5 Å². The Morgan fingerprint density at radius 2 is 2.22 bits per heavy atom. The summed E-state index contributed by atoms with van der Waals surface area (Å²) in [5.74, 6) is 1.70. The quantitative estimate of drug-likeness (QED) is 0.231. The summed E-state index contributed by atoms with van der Waals surface area (Å²) in [5.41, 5.74) is 0.825. The largest absolute Gasteiger partial charge is 0.367 e. The fourth-order valence-corrected chi connectivity index (χ4v) is 4.04. The Morgan fingerprint density at radius 1 is 1.37 bits per heavy atom. The molecule has 0 aromatic carbocycles. The molecule has 0 saturated heterocycles. The van der Waals surface area contributed by atoms with Crippen LogP contribution < -0.4 is 16.0 Å². The van der Waals surface area contributed by atoms with Crippen molar-refractivity contribution in [2.75, 3.05) is 31.2 Å². The number of aryl methyl sites for hydroxylation is 1.